The van der Waals surface area contributed by atoms with Crippen molar-refractivity contribution in [3.63, 3.8) is 0 Å². The quantitative estimate of drug-likeness (QED) is 0.470. The molecule has 1 unspecified atom stereocenters. The van der Waals surface area contributed by atoms with Gasteiger partial charge in [0, 0.05) is 16.7 Å². The van der Waals surface area contributed by atoms with Crippen molar-refractivity contribution in [1.82, 2.24) is 0 Å². The van der Waals surface area contributed by atoms with E-state index in [9.17, 15) is 4.79 Å². The first kappa shape index (κ1) is 15.3. The highest BCUT2D eigenvalue weighted by atomic mass is 35.5. The topological polar surface area (TPSA) is 26.3 Å². The van der Waals surface area contributed by atoms with Crippen LogP contribution in [0, 0.1) is 6.92 Å². The van der Waals surface area contributed by atoms with Gasteiger partial charge >= 0.3 is 5.97 Å². The fourth-order valence-electron chi connectivity index (χ4n) is 2.00. The minimum Gasteiger partial charge on any atom is -0.431 e. The molecule has 0 radical (unpaired) electrons. The Hall–Kier alpha value is -2.06. The number of hydrogen-bond donors (Lipinski definition) is 0. The number of hydrogen-bond acceptors (Lipinski definition) is 2. The van der Waals surface area contributed by atoms with E-state index < -0.39 is 11.0 Å². The molecular formula is C18H17ClO2. The number of carbonyl (C=O) groups is 1. The van der Waals surface area contributed by atoms with Crippen molar-refractivity contribution in [1.29, 1.82) is 0 Å². The van der Waals surface area contributed by atoms with Crippen molar-refractivity contribution in [2.45, 2.75) is 18.9 Å². The Morgan fingerprint density at radius 3 is 2.29 bits per heavy atom. The number of benzene rings is 2. The van der Waals surface area contributed by atoms with Crippen LogP contribution in [-0.4, -0.2) is 5.97 Å². The highest BCUT2D eigenvalue weighted by molar-refractivity contribution is 6.25. The average Bonchev–Trinajstić information content (AvgIpc) is 2.48. The SMILES string of the molecule is C=C(C)C(=O)OC(Cl)(c1ccccc1)c1cccc(C)c1. The third kappa shape index (κ3) is 3.34. The van der Waals surface area contributed by atoms with E-state index in [1.54, 1.807) is 6.92 Å². The molecule has 0 aliphatic carbocycles. The molecule has 0 aromatic heterocycles. The van der Waals surface area contributed by atoms with Crippen LogP contribution >= 0.6 is 11.6 Å². The van der Waals surface area contributed by atoms with Crippen molar-refractivity contribution >= 4 is 17.6 Å². The molecule has 0 saturated heterocycles. The van der Waals surface area contributed by atoms with Crippen LogP contribution in [0.25, 0.3) is 0 Å². The van der Waals surface area contributed by atoms with Gasteiger partial charge in [0.25, 0.3) is 0 Å². The van der Waals surface area contributed by atoms with Crippen LogP contribution in [0.4, 0.5) is 0 Å². The summed E-state index contributed by atoms with van der Waals surface area (Å²) >= 11 is 6.72. The van der Waals surface area contributed by atoms with Gasteiger partial charge in [-0.3, -0.25) is 0 Å². The predicted molar refractivity (Wildman–Crippen MR) is 85.2 cm³/mol. The van der Waals surface area contributed by atoms with Crippen LogP contribution in [0.3, 0.4) is 0 Å². The minimum atomic E-state index is -1.36. The molecule has 108 valence electrons. The second-order valence-electron chi connectivity index (χ2n) is 5.00. The molecule has 0 amide bonds. The number of esters is 1. The predicted octanol–water partition coefficient (Wildman–Crippen LogP) is 4.55. The summed E-state index contributed by atoms with van der Waals surface area (Å²) in [6, 6.07) is 16.9. The first-order valence-corrected chi connectivity index (χ1v) is 7.01. The standard InChI is InChI=1S/C18H17ClO2/c1-13(2)17(20)21-18(19,15-9-5-4-6-10-15)16-11-7-8-14(3)12-16/h4-12H,1H2,2-3H3. The van der Waals surface area contributed by atoms with E-state index in [-0.39, 0.29) is 0 Å². The fraction of sp³-hybridized carbons (Fsp3) is 0.167. The number of carbonyl (C=O) groups excluding carboxylic acids is 1. The van der Waals surface area contributed by atoms with E-state index in [2.05, 4.69) is 6.58 Å². The molecule has 2 rings (SSSR count). The van der Waals surface area contributed by atoms with Gasteiger partial charge in [0.2, 0.25) is 5.06 Å². The first-order valence-electron chi connectivity index (χ1n) is 6.64. The summed E-state index contributed by atoms with van der Waals surface area (Å²) in [5.74, 6) is -0.518. The second-order valence-corrected chi connectivity index (χ2v) is 5.53. The molecule has 21 heavy (non-hydrogen) atoms. The number of aryl methyl sites for hydroxylation is 1. The fourth-order valence-corrected chi connectivity index (χ4v) is 2.31. The van der Waals surface area contributed by atoms with E-state index >= 15 is 0 Å². The van der Waals surface area contributed by atoms with Gasteiger partial charge in [-0.15, -0.1) is 0 Å². The monoisotopic (exact) mass is 300 g/mol. The molecule has 2 aromatic carbocycles. The largest absolute Gasteiger partial charge is 0.431 e. The first-order chi connectivity index (χ1) is 9.93. The van der Waals surface area contributed by atoms with Crippen LogP contribution in [-0.2, 0) is 14.6 Å². The van der Waals surface area contributed by atoms with Crippen molar-refractivity contribution in [3.05, 3.63) is 83.4 Å². The summed E-state index contributed by atoms with van der Waals surface area (Å²) in [6.45, 7) is 7.17. The van der Waals surface area contributed by atoms with Gasteiger partial charge in [0.1, 0.15) is 0 Å². The number of halogens is 1. The van der Waals surface area contributed by atoms with Gasteiger partial charge in [-0.1, -0.05) is 78.3 Å². The molecule has 3 heteroatoms. The molecule has 0 saturated carbocycles. The number of rotatable bonds is 4. The molecule has 1 atom stereocenters. The second kappa shape index (κ2) is 6.15. The Bertz CT molecular complexity index is 664. The van der Waals surface area contributed by atoms with Gasteiger partial charge < -0.3 is 4.74 Å². The molecule has 2 nitrogen and oxygen atoms in total. The molecule has 0 spiro atoms. The Labute approximate surface area is 130 Å². The number of alkyl halides is 1. The van der Waals surface area contributed by atoms with Crippen LogP contribution in [0.5, 0.6) is 0 Å². The Kier molecular flexibility index (Phi) is 4.49. The maximum absolute atomic E-state index is 12.0. The van der Waals surface area contributed by atoms with E-state index in [4.69, 9.17) is 16.3 Å². The van der Waals surface area contributed by atoms with Gasteiger partial charge in [0.05, 0.1) is 0 Å². The molecule has 0 N–H and O–H groups in total. The molecular weight excluding hydrogens is 284 g/mol. The van der Waals surface area contributed by atoms with Crippen LogP contribution in [0.2, 0.25) is 0 Å². The summed E-state index contributed by atoms with van der Waals surface area (Å²) < 4.78 is 5.55. The van der Waals surface area contributed by atoms with Gasteiger partial charge in [0.15, 0.2) is 0 Å². The summed E-state index contributed by atoms with van der Waals surface area (Å²) in [5, 5.41) is -1.36. The van der Waals surface area contributed by atoms with E-state index in [0.717, 1.165) is 5.56 Å². The van der Waals surface area contributed by atoms with Gasteiger partial charge in [-0.25, -0.2) is 4.79 Å². The Morgan fingerprint density at radius 1 is 1.10 bits per heavy atom. The molecule has 2 aromatic rings. The van der Waals surface area contributed by atoms with Crippen molar-refractivity contribution in [2.24, 2.45) is 0 Å². The maximum Gasteiger partial charge on any atom is 0.335 e. The van der Waals surface area contributed by atoms with Crippen molar-refractivity contribution in [2.75, 3.05) is 0 Å². The third-order valence-electron chi connectivity index (χ3n) is 3.12. The molecule has 0 aliphatic heterocycles. The average molecular weight is 301 g/mol. The summed E-state index contributed by atoms with van der Waals surface area (Å²) in [5.41, 5.74) is 2.76. The zero-order valence-electron chi connectivity index (χ0n) is 12.1. The van der Waals surface area contributed by atoms with Crippen molar-refractivity contribution in [3.8, 4) is 0 Å². The highest BCUT2D eigenvalue weighted by Gasteiger charge is 2.36. The van der Waals surface area contributed by atoms with Gasteiger partial charge in [-0.2, -0.15) is 0 Å². The number of ether oxygens (including phenoxy) is 1. The van der Waals surface area contributed by atoms with Crippen LogP contribution in [0.15, 0.2) is 66.7 Å². The maximum atomic E-state index is 12.0. The Morgan fingerprint density at radius 2 is 1.71 bits per heavy atom. The minimum absolute atomic E-state index is 0.309. The van der Waals surface area contributed by atoms with Crippen LogP contribution in [0.1, 0.15) is 23.6 Å². The molecule has 0 bridgehead atoms. The lowest BCUT2D eigenvalue weighted by Crippen LogP contribution is -2.28. The molecule has 0 heterocycles. The lowest BCUT2D eigenvalue weighted by atomic mass is 9.99. The third-order valence-corrected chi connectivity index (χ3v) is 3.63. The lowest BCUT2D eigenvalue weighted by molar-refractivity contribution is -0.145. The lowest BCUT2D eigenvalue weighted by Gasteiger charge is -2.28. The highest BCUT2D eigenvalue weighted by Crippen LogP contribution is 2.38. The Balaban J connectivity index is 2.54. The molecule has 0 aliphatic rings. The van der Waals surface area contributed by atoms with Gasteiger partial charge in [-0.05, 0) is 13.8 Å². The smallest absolute Gasteiger partial charge is 0.335 e. The summed E-state index contributed by atoms with van der Waals surface area (Å²) in [6.07, 6.45) is 0. The zero-order chi connectivity index (χ0) is 15.5. The van der Waals surface area contributed by atoms with Crippen LogP contribution < -0.4 is 0 Å². The summed E-state index contributed by atoms with van der Waals surface area (Å²) in [4.78, 5) is 12.0. The summed E-state index contributed by atoms with van der Waals surface area (Å²) in [7, 11) is 0. The normalized spacial score (nSPS) is 13.3. The van der Waals surface area contributed by atoms with Crippen molar-refractivity contribution < 1.29 is 9.53 Å². The van der Waals surface area contributed by atoms with E-state index in [0.29, 0.717) is 16.7 Å². The van der Waals surface area contributed by atoms with E-state index in [1.807, 2.05) is 61.5 Å². The van der Waals surface area contributed by atoms with E-state index in [1.165, 1.54) is 0 Å². The zero-order valence-corrected chi connectivity index (χ0v) is 12.9. The molecule has 0 fully saturated rings.